The fourth-order valence-corrected chi connectivity index (χ4v) is 1.16. The summed E-state index contributed by atoms with van der Waals surface area (Å²) in [4.78, 5) is 14.4. The Morgan fingerprint density at radius 1 is 1.57 bits per heavy atom. The third kappa shape index (κ3) is 1.17. The number of aromatic nitrogens is 3. The highest BCUT2D eigenvalue weighted by atomic mass is 16.5. The van der Waals surface area contributed by atoms with Gasteiger partial charge in [-0.15, -0.1) is 5.10 Å². The highest BCUT2D eigenvalue weighted by Crippen LogP contribution is 2.20. The summed E-state index contributed by atoms with van der Waals surface area (Å²) >= 11 is 0. The van der Waals surface area contributed by atoms with Crippen LogP contribution >= 0.6 is 0 Å². The molecule has 0 saturated heterocycles. The molecule has 2 aromatic rings. The minimum Gasteiger partial charge on any atom is -0.479 e. The molecule has 0 spiro atoms. The number of hydrogen-bond donors (Lipinski definition) is 2. The van der Waals surface area contributed by atoms with Crippen molar-refractivity contribution in [1.82, 2.24) is 15.2 Å². The van der Waals surface area contributed by atoms with Crippen molar-refractivity contribution in [3.8, 4) is 5.88 Å². The molecule has 2 aromatic heterocycles. The van der Waals surface area contributed by atoms with Crippen molar-refractivity contribution in [3.05, 3.63) is 17.8 Å². The maximum Gasteiger partial charge on any atom is 0.354 e. The average molecular weight is 193 g/mol. The molecule has 2 N–H and O–H groups in total. The molecule has 0 amide bonds. The normalized spacial score (nSPS) is 10.4. The summed E-state index contributed by atoms with van der Waals surface area (Å²) in [6.45, 7) is 0. The van der Waals surface area contributed by atoms with Gasteiger partial charge >= 0.3 is 5.97 Å². The van der Waals surface area contributed by atoms with E-state index in [1.54, 1.807) is 6.07 Å². The Kier molecular flexibility index (Phi) is 1.81. The summed E-state index contributed by atoms with van der Waals surface area (Å²) < 4.78 is 4.94. The number of rotatable bonds is 2. The summed E-state index contributed by atoms with van der Waals surface area (Å²) in [5.74, 6) is -0.662. The lowest BCUT2D eigenvalue weighted by Crippen LogP contribution is -1.99. The maximum absolute atomic E-state index is 10.6. The van der Waals surface area contributed by atoms with Crippen LogP contribution in [0.5, 0.6) is 5.88 Å². The molecule has 2 rings (SSSR count). The van der Waals surface area contributed by atoms with Crippen LogP contribution in [0.15, 0.2) is 12.1 Å². The summed E-state index contributed by atoms with van der Waals surface area (Å²) in [5, 5.41) is 15.7. The zero-order valence-electron chi connectivity index (χ0n) is 7.31. The van der Waals surface area contributed by atoms with Crippen LogP contribution < -0.4 is 4.74 Å². The molecule has 72 valence electrons. The minimum absolute atomic E-state index is 0.0243. The number of fused-ring (bicyclic) bond motifs is 1. The van der Waals surface area contributed by atoms with Crippen LogP contribution in [0.25, 0.3) is 11.0 Å². The second-order valence-corrected chi connectivity index (χ2v) is 2.63. The van der Waals surface area contributed by atoms with Crippen molar-refractivity contribution >= 4 is 17.0 Å². The lowest BCUT2D eigenvalue weighted by molar-refractivity contribution is 0.0691. The van der Waals surface area contributed by atoms with E-state index in [-0.39, 0.29) is 5.69 Å². The second-order valence-electron chi connectivity index (χ2n) is 2.63. The van der Waals surface area contributed by atoms with Crippen molar-refractivity contribution in [1.29, 1.82) is 0 Å². The molecule has 0 aliphatic heterocycles. The van der Waals surface area contributed by atoms with Gasteiger partial charge in [0.1, 0.15) is 0 Å². The summed E-state index contributed by atoms with van der Waals surface area (Å²) in [5.41, 5.74) is 0.380. The number of carbonyl (C=O) groups is 1. The van der Waals surface area contributed by atoms with Crippen LogP contribution in [0, 0.1) is 0 Å². The summed E-state index contributed by atoms with van der Waals surface area (Å²) in [6.07, 6.45) is 0. The van der Waals surface area contributed by atoms with E-state index in [0.717, 1.165) is 0 Å². The highest BCUT2D eigenvalue weighted by Gasteiger charge is 2.10. The maximum atomic E-state index is 10.6. The van der Waals surface area contributed by atoms with Gasteiger partial charge in [-0.2, -0.15) is 0 Å². The van der Waals surface area contributed by atoms with E-state index in [1.165, 1.54) is 13.2 Å². The predicted octanol–water partition coefficient (Wildman–Crippen LogP) is 0.665. The molecule has 0 bridgehead atoms. The van der Waals surface area contributed by atoms with E-state index in [1.807, 2.05) is 0 Å². The lowest BCUT2D eigenvalue weighted by atomic mass is 10.3. The SMILES string of the molecule is COc1n[nH]c2nc(C(=O)O)ccc12. The van der Waals surface area contributed by atoms with Crippen LogP contribution in [0.2, 0.25) is 0 Å². The van der Waals surface area contributed by atoms with Gasteiger partial charge in [0.2, 0.25) is 5.88 Å². The number of hydrogen-bond acceptors (Lipinski definition) is 4. The van der Waals surface area contributed by atoms with Gasteiger partial charge in [0.15, 0.2) is 11.3 Å². The van der Waals surface area contributed by atoms with Crippen molar-refractivity contribution < 1.29 is 14.6 Å². The minimum atomic E-state index is -1.07. The molecule has 0 saturated carbocycles. The van der Waals surface area contributed by atoms with Gasteiger partial charge in [0.25, 0.3) is 0 Å². The fraction of sp³-hybridized carbons (Fsp3) is 0.125. The summed E-state index contributed by atoms with van der Waals surface area (Å²) in [6, 6.07) is 3.01. The standard InChI is InChI=1S/C8H7N3O3/c1-14-7-4-2-3-5(8(12)13)9-6(4)10-11-7/h2-3H,1H3,(H,12,13)(H,9,10,11). The molecule has 0 fully saturated rings. The van der Waals surface area contributed by atoms with Gasteiger partial charge in [-0.1, -0.05) is 0 Å². The Morgan fingerprint density at radius 2 is 2.36 bits per heavy atom. The van der Waals surface area contributed by atoms with Crippen molar-refractivity contribution in [2.75, 3.05) is 7.11 Å². The smallest absolute Gasteiger partial charge is 0.354 e. The molecule has 0 radical (unpaired) electrons. The zero-order valence-corrected chi connectivity index (χ0v) is 7.31. The molecular formula is C8H7N3O3. The third-order valence-electron chi connectivity index (χ3n) is 1.80. The van der Waals surface area contributed by atoms with Crippen molar-refractivity contribution in [2.45, 2.75) is 0 Å². The Bertz CT molecular complexity index is 492. The van der Waals surface area contributed by atoms with Gasteiger partial charge in [-0.05, 0) is 12.1 Å². The van der Waals surface area contributed by atoms with E-state index in [0.29, 0.717) is 16.9 Å². The topological polar surface area (TPSA) is 88.1 Å². The van der Waals surface area contributed by atoms with Crippen LogP contribution in [-0.4, -0.2) is 33.4 Å². The van der Waals surface area contributed by atoms with Gasteiger partial charge in [0, 0.05) is 0 Å². The van der Waals surface area contributed by atoms with Gasteiger partial charge in [-0.25, -0.2) is 9.78 Å². The Balaban J connectivity index is 2.63. The number of ether oxygens (including phenoxy) is 1. The molecule has 14 heavy (non-hydrogen) atoms. The summed E-state index contributed by atoms with van der Waals surface area (Å²) in [7, 11) is 1.49. The second kappa shape index (κ2) is 2.99. The van der Waals surface area contributed by atoms with Crippen LogP contribution in [0.1, 0.15) is 10.5 Å². The number of carboxylic acids is 1. The average Bonchev–Trinajstić information content (AvgIpc) is 2.59. The monoisotopic (exact) mass is 193 g/mol. The van der Waals surface area contributed by atoms with Crippen LogP contribution in [-0.2, 0) is 0 Å². The first-order valence-corrected chi connectivity index (χ1v) is 3.85. The van der Waals surface area contributed by atoms with Crippen molar-refractivity contribution in [3.63, 3.8) is 0 Å². The first-order valence-electron chi connectivity index (χ1n) is 3.85. The molecule has 0 aromatic carbocycles. The number of pyridine rings is 1. The predicted molar refractivity (Wildman–Crippen MR) is 47.4 cm³/mol. The third-order valence-corrected chi connectivity index (χ3v) is 1.80. The van der Waals surface area contributed by atoms with Crippen LogP contribution in [0.3, 0.4) is 0 Å². The highest BCUT2D eigenvalue weighted by molar-refractivity contribution is 5.90. The number of nitrogens with zero attached hydrogens (tertiary/aromatic N) is 2. The number of aromatic amines is 1. The van der Waals surface area contributed by atoms with Crippen LogP contribution in [0.4, 0.5) is 0 Å². The molecule has 0 aliphatic rings. The molecule has 0 unspecified atom stereocenters. The number of nitrogens with one attached hydrogen (secondary N) is 1. The number of carboxylic acid groups (broad SMARTS) is 1. The van der Waals surface area contributed by atoms with Gasteiger partial charge < -0.3 is 9.84 Å². The molecule has 6 nitrogen and oxygen atoms in total. The van der Waals surface area contributed by atoms with E-state index < -0.39 is 5.97 Å². The van der Waals surface area contributed by atoms with E-state index >= 15 is 0 Å². The first-order chi connectivity index (χ1) is 6.72. The van der Waals surface area contributed by atoms with E-state index in [2.05, 4.69) is 15.2 Å². The largest absolute Gasteiger partial charge is 0.479 e. The van der Waals surface area contributed by atoms with E-state index in [9.17, 15) is 4.79 Å². The Labute approximate surface area is 78.5 Å². The lowest BCUT2D eigenvalue weighted by Gasteiger charge is -1.94. The zero-order chi connectivity index (χ0) is 10.1. The number of methoxy groups -OCH3 is 1. The molecule has 0 aliphatic carbocycles. The molecular weight excluding hydrogens is 186 g/mol. The Morgan fingerprint density at radius 3 is 3.00 bits per heavy atom. The van der Waals surface area contributed by atoms with E-state index in [4.69, 9.17) is 9.84 Å². The van der Waals surface area contributed by atoms with Crippen molar-refractivity contribution in [2.24, 2.45) is 0 Å². The van der Waals surface area contributed by atoms with Gasteiger partial charge in [0.05, 0.1) is 12.5 Å². The number of aromatic carboxylic acids is 1. The van der Waals surface area contributed by atoms with Gasteiger partial charge in [-0.3, -0.25) is 5.10 Å². The quantitative estimate of drug-likeness (QED) is 0.731. The Hall–Kier alpha value is -2.11. The molecule has 6 heteroatoms. The first kappa shape index (κ1) is 8.49. The fourth-order valence-electron chi connectivity index (χ4n) is 1.16. The molecule has 0 atom stereocenters. The number of H-pyrrole nitrogens is 1. The molecule has 2 heterocycles.